The van der Waals surface area contributed by atoms with Crippen LogP contribution in [0, 0.1) is 19.7 Å². The van der Waals surface area contributed by atoms with Crippen molar-refractivity contribution in [2.75, 3.05) is 25.0 Å². The number of nitrogens with zero attached hydrogens (tertiary/aromatic N) is 1. The molecular formula is C22H25FN2O5S. The smallest absolute Gasteiger partial charge is 0.338 e. The lowest BCUT2D eigenvalue weighted by atomic mass is 10.1. The van der Waals surface area contributed by atoms with Gasteiger partial charge in [0.15, 0.2) is 6.61 Å². The number of rotatable bonds is 6. The number of piperidine rings is 1. The zero-order valence-electron chi connectivity index (χ0n) is 17.5. The Morgan fingerprint density at radius 2 is 1.71 bits per heavy atom. The van der Waals surface area contributed by atoms with Gasteiger partial charge in [-0.05, 0) is 62.1 Å². The predicted molar refractivity (Wildman–Crippen MR) is 114 cm³/mol. The van der Waals surface area contributed by atoms with Crippen LogP contribution in [0.4, 0.5) is 10.1 Å². The minimum Gasteiger partial charge on any atom is -0.452 e. The van der Waals surface area contributed by atoms with E-state index in [-0.39, 0.29) is 16.1 Å². The van der Waals surface area contributed by atoms with E-state index in [1.165, 1.54) is 34.6 Å². The second-order valence-electron chi connectivity index (χ2n) is 7.53. The summed E-state index contributed by atoms with van der Waals surface area (Å²) in [5, 5.41) is 2.49. The van der Waals surface area contributed by atoms with Crippen molar-refractivity contribution in [2.45, 2.75) is 38.0 Å². The third kappa shape index (κ3) is 5.48. The van der Waals surface area contributed by atoms with Gasteiger partial charge in [0.05, 0.1) is 10.5 Å². The van der Waals surface area contributed by atoms with Gasteiger partial charge < -0.3 is 10.1 Å². The molecule has 3 rings (SSSR count). The Morgan fingerprint density at radius 3 is 2.42 bits per heavy atom. The molecule has 0 spiro atoms. The summed E-state index contributed by atoms with van der Waals surface area (Å²) in [6.07, 6.45) is 2.61. The monoisotopic (exact) mass is 448 g/mol. The Morgan fingerprint density at radius 1 is 1.03 bits per heavy atom. The highest BCUT2D eigenvalue weighted by molar-refractivity contribution is 7.89. The number of halogens is 1. The van der Waals surface area contributed by atoms with E-state index in [9.17, 15) is 22.4 Å². The molecule has 31 heavy (non-hydrogen) atoms. The SMILES string of the molecule is Cc1ccc(F)cc1NC(=O)COC(=O)c1ccc(C)c(S(=O)(=O)N2CCCCC2)c1. The van der Waals surface area contributed by atoms with Crippen LogP contribution in [0.1, 0.15) is 40.7 Å². The Labute approximate surface area is 181 Å². The average molecular weight is 449 g/mol. The molecule has 1 saturated heterocycles. The number of aryl methyl sites for hydroxylation is 2. The van der Waals surface area contributed by atoms with E-state index in [1.807, 2.05) is 0 Å². The first-order valence-electron chi connectivity index (χ1n) is 10.0. The number of nitrogens with one attached hydrogen (secondary N) is 1. The van der Waals surface area contributed by atoms with Gasteiger partial charge in [0.1, 0.15) is 5.82 Å². The third-order valence-electron chi connectivity index (χ3n) is 5.16. The Hall–Kier alpha value is -2.78. The molecule has 0 saturated carbocycles. The number of ether oxygens (including phenoxy) is 1. The summed E-state index contributed by atoms with van der Waals surface area (Å²) in [5.74, 6) is -1.95. The first kappa shape index (κ1) is 22.9. The van der Waals surface area contributed by atoms with Crippen LogP contribution < -0.4 is 5.32 Å². The Bertz CT molecular complexity index is 1100. The molecule has 9 heteroatoms. The number of carbonyl (C=O) groups excluding carboxylic acids is 2. The Balaban J connectivity index is 1.68. The fraction of sp³-hybridized carbons (Fsp3) is 0.364. The normalized spacial score (nSPS) is 14.8. The molecule has 1 heterocycles. The van der Waals surface area contributed by atoms with E-state index in [4.69, 9.17) is 4.74 Å². The maximum atomic E-state index is 13.3. The quantitative estimate of drug-likeness (QED) is 0.684. The Kier molecular flexibility index (Phi) is 7.07. The molecule has 1 fully saturated rings. The molecule has 2 aromatic rings. The minimum absolute atomic E-state index is 0.0379. The number of hydrogen-bond acceptors (Lipinski definition) is 5. The van der Waals surface area contributed by atoms with Crippen molar-refractivity contribution < 1.29 is 27.1 Å². The van der Waals surface area contributed by atoms with E-state index < -0.39 is 34.3 Å². The molecular weight excluding hydrogens is 423 g/mol. The zero-order valence-corrected chi connectivity index (χ0v) is 18.3. The molecule has 0 unspecified atom stereocenters. The highest BCUT2D eigenvalue weighted by Gasteiger charge is 2.28. The maximum Gasteiger partial charge on any atom is 0.338 e. The maximum absolute atomic E-state index is 13.3. The van der Waals surface area contributed by atoms with Gasteiger partial charge >= 0.3 is 5.97 Å². The molecule has 1 aliphatic rings. The highest BCUT2D eigenvalue weighted by Crippen LogP contribution is 2.24. The molecule has 0 aromatic heterocycles. The van der Waals surface area contributed by atoms with E-state index in [1.54, 1.807) is 19.9 Å². The summed E-state index contributed by atoms with van der Waals surface area (Å²) in [5.41, 5.74) is 1.51. The van der Waals surface area contributed by atoms with Crippen LogP contribution in [-0.2, 0) is 19.6 Å². The second kappa shape index (κ2) is 9.57. The van der Waals surface area contributed by atoms with Crippen molar-refractivity contribution >= 4 is 27.6 Å². The summed E-state index contributed by atoms with van der Waals surface area (Å²) in [4.78, 5) is 24.6. The van der Waals surface area contributed by atoms with Gasteiger partial charge in [0, 0.05) is 18.8 Å². The van der Waals surface area contributed by atoms with Crippen molar-refractivity contribution in [1.29, 1.82) is 0 Å². The van der Waals surface area contributed by atoms with Crippen molar-refractivity contribution in [1.82, 2.24) is 4.31 Å². The van der Waals surface area contributed by atoms with Crippen LogP contribution in [0.15, 0.2) is 41.3 Å². The molecule has 0 aliphatic carbocycles. The van der Waals surface area contributed by atoms with Gasteiger partial charge in [0.25, 0.3) is 5.91 Å². The summed E-state index contributed by atoms with van der Waals surface area (Å²) >= 11 is 0. The summed E-state index contributed by atoms with van der Waals surface area (Å²) < 4.78 is 45.8. The lowest BCUT2D eigenvalue weighted by Crippen LogP contribution is -2.36. The number of carbonyl (C=O) groups is 2. The molecule has 0 radical (unpaired) electrons. The number of hydrogen-bond donors (Lipinski definition) is 1. The summed E-state index contributed by atoms with van der Waals surface area (Å²) in [7, 11) is -3.72. The van der Waals surface area contributed by atoms with E-state index >= 15 is 0 Å². The molecule has 1 amide bonds. The van der Waals surface area contributed by atoms with Crippen LogP contribution in [0.25, 0.3) is 0 Å². The van der Waals surface area contributed by atoms with Crippen molar-refractivity contribution in [3.63, 3.8) is 0 Å². The van der Waals surface area contributed by atoms with Gasteiger partial charge in [-0.2, -0.15) is 4.31 Å². The third-order valence-corrected chi connectivity index (χ3v) is 7.21. The molecule has 0 atom stereocenters. The van der Waals surface area contributed by atoms with E-state index in [2.05, 4.69) is 5.32 Å². The van der Waals surface area contributed by atoms with E-state index in [0.717, 1.165) is 19.3 Å². The predicted octanol–water partition coefficient (Wildman–Crippen LogP) is 3.41. The van der Waals surface area contributed by atoms with Crippen LogP contribution in [-0.4, -0.2) is 44.3 Å². The number of benzene rings is 2. The average Bonchev–Trinajstić information content (AvgIpc) is 2.75. The lowest BCUT2D eigenvalue weighted by Gasteiger charge is -2.26. The number of sulfonamides is 1. The largest absolute Gasteiger partial charge is 0.452 e. The van der Waals surface area contributed by atoms with Crippen LogP contribution in [0.2, 0.25) is 0 Å². The minimum atomic E-state index is -3.72. The first-order chi connectivity index (χ1) is 14.7. The van der Waals surface area contributed by atoms with Crippen molar-refractivity contribution in [3.05, 3.63) is 58.9 Å². The van der Waals surface area contributed by atoms with Crippen molar-refractivity contribution in [3.8, 4) is 0 Å². The number of esters is 1. The highest BCUT2D eigenvalue weighted by atomic mass is 32.2. The standard InChI is InChI=1S/C22H25FN2O5S/c1-15-7-9-18(23)13-19(15)24-21(26)14-30-22(27)17-8-6-16(2)20(12-17)31(28,29)25-10-4-3-5-11-25/h6-9,12-13H,3-5,10-11,14H2,1-2H3,(H,24,26). The first-order valence-corrected chi connectivity index (χ1v) is 11.5. The molecule has 0 bridgehead atoms. The van der Waals surface area contributed by atoms with Crippen LogP contribution in [0.3, 0.4) is 0 Å². The van der Waals surface area contributed by atoms with Crippen molar-refractivity contribution in [2.24, 2.45) is 0 Å². The van der Waals surface area contributed by atoms with Crippen LogP contribution >= 0.6 is 0 Å². The number of anilines is 1. The summed E-state index contributed by atoms with van der Waals surface area (Å²) in [6, 6.07) is 8.26. The molecule has 1 aliphatic heterocycles. The summed E-state index contributed by atoms with van der Waals surface area (Å²) in [6.45, 7) is 3.70. The van der Waals surface area contributed by atoms with Gasteiger partial charge in [-0.3, -0.25) is 4.79 Å². The van der Waals surface area contributed by atoms with E-state index in [0.29, 0.717) is 24.2 Å². The topological polar surface area (TPSA) is 92.8 Å². The molecule has 2 aromatic carbocycles. The fourth-order valence-corrected chi connectivity index (χ4v) is 5.15. The second-order valence-corrected chi connectivity index (χ2v) is 9.43. The molecule has 166 valence electrons. The molecule has 7 nitrogen and oxygen atoms in total. The number of amides is 1. The van der Waals surface area contributed by atoms with Gasteiger partial charge in [-0.15, -0.1) is 0 Å². The van der Waals surface area contributed by atoms with Gasteiger partial charge in [-0.1, -0.05) is 18.6 Å². The molecule has 1 N–H and O–H groups in total. The zero-order chi connectivity index (χ0) is 22.6. The van der Waals surface area contributed by atoms with Gasteiger partial charge in [-0.25, -0.2) is 17.6 Å². The lowest BCUT2D eigenvalue weighted by molar-refractivity contribution is -0.119. The fourth-order valence-electron chi connectivity index (χ4n) is 3.38. The van der Waals surface area contributed by atoms with Crippen LogP contribution in [0.5, 0.6) is 0 Å². The van der Waals surface area contributed by atoms with Gasteiger partial charge in [0.2, 0.25) is 10.0 Å².